The second-order valence-corrected chi connectivity index (χ2v) is 10.1. The van der Waals surface area contributed by atoms with Crippen LogP contribution >= 0.6 is 11.6 Å². The molecule has 8 nitrogen and oxygen atoms in total. The molecule has 4 aromatic rings. The fourth-order valence-corrected chi connectivity index (χ4v) is 4.07. The summed E-state index contributed by atoms with van der Waals surface area (Å²) in [7, 11) is 0. The first-order valence-corrected chi connectivity index (χ1v) is 12.3. The van der Waals surface area contributed by atoms with E-state index in [2.05, 4.69) is 20.9 Å². The molecule has 0 atom stereocenters. The van der Waals surface area contributed by atoms with Crippen molar-refractivity contribution >= 4 is 34.7 Å². The zero-order valence-electron chi connectivity index (χ0n) is 21.4. The van der Waals surface area contributed by atoms with Gasteiger partial charge in [-0.3, -0.25) is 9.59 Å². The Morgan fingerprint density at radius 2 is 1.82 bits per heavy atom. The number of aryl methyl sites for hydroxylation is 1. The summed E-state index contributed by atoms with van der Waals surface area (Å²) in [6, 6.07) is 13.0. The fourth-order valence-electron chi connectivity index (χ4n) is 3.81. The van der Waals surface area contributed by atoms with Crippen LogP contribution in [0.5, 0.6) is 0 Å². The van der Waals surface area contributed by atoms with Crippen molar-refractivity contribution in [3.63, 3.8) is 0 Å². The lowest BCUT2D eigenvalue weighted by Gasteiger charge is -2.23. The molecule has 0 aliphatic rings. The molecule has 0 saturated heterocycles. The van der Waals surface area contributed by atoms with Crippen LogP contribution in [0.15, 0.2) is 60.8 Å². The zero-order valence-corrected chi connectivity index (χ0v) is 22.2. The summed E-state index contributed by atoms with van der Waals surface area (Å²) < 4.78 is 28.6. The van der Waals surface area contributed by atoms with Crippen molar-refractivity contribution in [2.75, 3.05) is 11.9 Å². The van der Waals surface area contributed by atoms with E-state index in [9.17, 15) is 23.5 Å². The van der Waals surface area contributed by atoms with Crippen molar-refractivity contribution in [3.8, 4) is 11.3 Å². The number of nitrogens with one attached hydrogen (secondary N) is 2. The van der Waals surface area contributed by atoms with Gasteiger partial charge in [0.2, 0.25) is 5.91 Å². The molecule has 0 fully saturated rings. The van der Waals surface area contributed by atoms with Gasteiger partial charge in [0.05, 0.1) is 29.1 Å². The van der Waals surface area contributed by atoms with Crippen LogP contribution in [0.3, 0.4) is 0 Å². The van der Waals surface area contributed by atoms with Crippen LogP contribution in [0, 0.1) is 18.6 Å². The lowest BCUT2D eigenvalue weighted by atomic mass is 9.96. The van der Waals surface area contributed by atoms with E-state index in [1.54, 1.807) is 51.2 Å². The lowest BCUT2D eigenvalue weighted by molar-refractivity contribution is -0.123. The lowest BCUT2D eigenvalue weighted by Crippen LogP contribution is -2.47. The number of hydrogen-bond donors (Lipinski definition) is 3. The summed E-state index contributed by atoms with van der Waals surface area (Å²) >= 11 is 6.43. The Morgan fingerprint density at radius 3 is 2.51 bits per heavy atom. The van der Waals surface area contributed by atoms with Gasteiger partial charge in [-0.15, -0.1) is 5.10 Å². The van der Waals surface area contributed by atoms with Crippen LogP contribution in [0.2, 0.25) is 5.02 Å². The summed E-state index contributed by atoms with van der Waals surface area (Å²) in [5.74, 6) is -2.10. The van der Waals surface area contributed by atoms with Crippen molar-refractivity contribution in [2.24, 2.45) is 0 Å². The first-order valence-electron chi connectivity index (χ1n) is 11.9. The standard InChI is InChI=1S/C28H26ClF2N5O3/c1-16-4-5-17(25-13-36(35-34-25)14-26(38)33-28(2,3)15-37)10-21(16)27(39)20-8-7-19(12-22(20)29)32-24-9-6-18(30)11-23(24)31/h4-13,32,37H,14-15H2,1-3H3,(H,33,38). The van der Waals surface area contributed by atoms with Gasteiger partial charge in [0.15, 0.2) is 5.78 Å². The molecular weight excluding hydrogens is 528 g/mol. The van der Waals surface area contributed by atoms with Gasteiger partial charge in [-0.1, -0.05) is 28.9 Å². The third-order valence-electron chi connectivity index (χ3n) is 5.92. The Hall–Kier alpha value is -4.15. The number of halogens is 3. The van der Waals surface area contributed by atoms with Crippen LogP contribution in [-0.2, 0) is 11.3 Å². The highest BCUT2D eigenvalue weighted by atomic mass is 35.5. The molecule has 0 radical (unpaired) electrons. The van der Waals surface area contributed by atoms with Crippen LogP contribution in [-0.4, -0.2) is 43.9 Å². The van der Waals surface area contributed by atoms with E-state index >= 15 is 0 Å². The van der Waals surface area contributed by atoms with Gasteiger partial charge in [-0.2, -0.15) is 0 Å². The number of ketones is 1. The Balaban J connectivity index is 1.53. The highest BCUT2D eigenvalue weighted by Gasteiger charge is 2.20. The van der Waals surface area contributed by atoms with Crippen molar-refractivity contribution in [1.29, 1.82) is 0 Å². The average Bonchev–Trinajstić information content (AvgIpc) is 3.33. The average molecular weight is 554 g/mol. The Labute approximate surface area is 228 Å². The maximum absolute atomic E-state index is 14.0. The molecule has 0 aliphatic heterocycles. The van der Waals surface area contributed by atoms with Gasteiger partial charge in [0, 0.05) is 28.4 Å². The molecule has 0 spiro atoms. The van der Waals surface area contributed by atoms with Crippen LogP contribution in [0.4, 0.5) is 20.2 Å². The van der Waals surface area contributed by atoms with Crippen LogP contribution in [0.25, 0.3) is 11.3 Å². The fraction of sp³-hybridized carbons (Fsp3) is 0.214. The Bertz CT molecular complexity index is 1550. The van der Waals surface area contributed by atoms with Crippen LogP contribution in [0.1, 0.15) is 35.3 Å². The number of aliphatic hydroxyl groups excluding tert-OH is 1. The van der Waals surface area contributed by atoms with Crippen molar-refractivity contribution in [1.82, 2.24) is 20.3 Å². The first kappa shape index (κ1) is 27.9. The maximum Gasteiger partial charge on any atom is 0.242 e. The van der Waals surface area contributed by atoms with E-state index in [0.29, 0.717) is 28.1 Å². The minimum Gasteiger partial charge on any atom is -0.394 e. The highest BCUT2D eigenvalue weighted by molar-refractivity contribution is 6.35. The molecule has 202 valence electrons. The summed E-state index contributed by atoms with van der Waals surface area (Å²) in [6.07, 6.45) is 1.59. The van der Waals surface area contributed by atoms with Crippen molar-refractivity contribution in [2.45, 2.75) is 32.9 Å². The van der Waals surface area contributed by atoms with Crippen LogP contribution < -0.4 is 10.6 Å². The summed E-state index contributed by atoms with van der Waals surface area (Å²) in [5, 5.41) is 23.1. The van der Waals surface area contributed by atoms with E-state index in [1.165, 1.54) is 22.9 Å². The Morgan fingerprint density at radius 1 is 1.05 bits per heavy atom. The molecule has 0 unspecified atom stereocenters. The second kappa shape index (κ2) is 11.3. The number of aromatic nitrogens is 3. The smallest absolute Gasteiger partial charge is 0.242 e. The molecule has 3 N–H and O–H groups in total. The summed E-state index contributed by atoms with van der Waals surface area (Å²) in [5.41, 5.74) is 2.17. The normalized spacial score (nSPS) is 11.4. The molecule has 1 heterocycles. The molecular formula is C28H26ClF2N5O3. The molecule has 11 heteroatoms. The number of benzene rings is 3. The number of amides is 1. The molecule has 0 bridgehead atoms. The highest BCUT2D eigenvalue weighted by Crippen LogP contribution is 2.29. The quantitative estimate of drug-likeness (QED) is 0.250. The second-order valence-electron chi connectivity index (χ2n) is 9.69. The monoisotopic (exact) mass is 553 g/mol. The minimum atomic E-state index is -0.764. The van der Waals surface area contributed by atoms with E-state index in [-0.39, 0.29) is 41.1 Å². The first-order chi connectivity index (χ1) is 18.5. The van der Waals surface area contributed by atoms with E-state index in [4.69, 9.17) is 11.6 Å². The predicted molar refractivity (Wildman–Crippen MR) is 144 cm³/mol. The Kier molecular flexibility index (Phi) is 8.08. The van der Waals surface area contributed by atoms with Gasteiger partial charge in [0.25, 0.3) is 0 Å². The number of aliphatic hydroxyl groups is 1. The molecule has 39 heavy (non-hydrogen) atoms. The minimum absolute atomic E-state index is 0.0673. The number of carbonyl (C=O) groups is 2. The predicted octanol–water partition coefficient (Wildman–Crippen LogP) is 5.05. The van der Waals surface area contributed by atoms with E-state index in [0.717, 1.165) is 12.1 Å². The van der Waals surface area contributed by atoms with E-state index < -0.39 is 17.2 Å². The molecule has 1 amide bonds. The van der Waals surface area contributed by atoms with Gasteiger partial charge in [-0.25, -0.2) is 13.5 Å². The number of nitrogens with zero attached hydrogens (tertiary/aromatic N) is 3. The zero-order chi connectivity index (χ0) is 28.3. The van der Waals surface area contributed by atoms with Gasteiger partial charge >= 0.3 is 0 Å². The summed E-state index contributed by atoms with van der Waals surface area (Å²) in [6.45, 7) is 4.89. The van der Waals surface area contributed by atoms with Gasteiger partial charge in [-0.05, 0) is 62.7 Å². The van der Waals surface area contributed by atoms with E-state index in [1.807, 2.05) is 0 Å². The topological polar surface area (TPSA) is 109 Å². The largest absolute Gasteiger partial charge is 0.394 e. The SMILES string of the molecule is Cc1ccc(-c2cn(CC(=O)NC(C)(C)CO)nn2)cc1C(=O)c1ccc(Nc2ccc(F)cc2F)cc1Cl. The number of anilines is 2. The number of hydrogen-bond acceptors (Lipinski definition) is 6. The third-order valence-corrected chi connectivity index (χ3v) is 6.23. The summed E-state index contributed by atoms with van der Waals surface area (Å²) in [4.78, 5) is 25.7. The molecule has 1 aromatic heterocycles. The maximum atomic E-state index is 14.0. The molecule has 0 aliphatic carbocycles. The number of rotatable bonds is 9. The van der Waals surface area contributed by atoms with Crippen molar-refractivity contribution in [3.05, 3.63) is 94.1 Å². The van der Waals surface area contributed by atoms with Gasteiger partial charge < -0.3 is 15.7 Å². The number of carbonyl (C=O) groups excluding carboxylic acids is 2. The van der Waals surface area contributed by atoms with Gasteiger partial charge in [0.1, 0.15) is 23.9 Å². The molecule has 0 saturated carbocycles. The molecule has 3 aromatic carbocycles. The van der Waals surface area contributed by atoms with Crippen molar-refractivity contribution < 1.29 is 23.5 Å². The molecule has 4 rings (SSSR count). The third kappa shape index (κ3) is 6.65.